The summed E-state index contributed by atoms with van der Waals surface area (Å²) in [6.45, 7) is 2.26. The van der Waals surface area contributed by atoms with Gasteiger partial charge in [0.25, 0.3) is 0 Å². The maximum absolute atomic E-state index is 10.6. The Hall–Kier alpha value is 0.0274. The van der Waals surface area contributed by atoms with E-state index in [0.29, 0.717) is 6.42 Å². The maximum atomic E-state index is 10.6. The molecule has 20 heavy (non-hydrogen) atoms. The largest absolute Gasteiger partial charge is 1.00 e. The molecule has 1 N–H and O–H groups in total. The van der Waals surface area contributed by atoms with Gasteiger partial charge >= 0.3 is 24.8 Å². The van der Waals surface area contributed by atoms with Gasteiger partial charge < -0.3 is 6.31 Å². The van der Waals surface area contributed by atoms with Crippen molar-refractivity contribution in [2.45, 2.75) is 96.8 Å². The molecule has 0 atom stereocenters. The summed E-state index contributed by atoms with van der Waals surface area (Å²) in [5.41, 5.74) is 0. The fourth-order valence-electron chi connectivity index (χ4n) is 2.33. The van der Waals surface area contributed by atoms with Crippen molar-refractivity contribution in [2.24, 2.45) is 0 Å². The van der Waals surface area contributed by atoms with Gasteiger partial charge in [0.2, 0.25) is 0 Å². The van der Waals surface area contributed by atoms with Crippen LogP contribution in [0.3, 0.4) is 0 Å². The molecule has 0 saturated carbocycles. The van der Waals surface area contributed by atoms with Crippen molar-refractivity contribution in [3.63, 3.8) is 0 Å². The zero-order valence-corrected chi connectivity index (χ0v) is 13.7. The normalized spacial score (nSPS) is 10.1. The molecule has 0 spiro atoms. The molecule has 0 fully saturated rings. The summed E-state index contributed by atoms with van der Waals surface area (Å²) in [6, 6.07) is 0. The van der Waals surface area contributed by atoms with E-state index in [1.54, 1.807) is 0 Å². The Bertz CT molecular complexity index is 204. The molecule has 4 heteroatoms. The van der Waals surface area contributed by atoms with E-state index in [-0.39, 0.29) is 20.3 Å². The fraction of sp³-hybridized carbons (Fsp3) is 0.938. The minimum Gasteiger partial charge on any atom is -1.00 e. The van der Waals surface area contributed by atoms with E-state index in [4.69, 9.17) is 5.26 Å². The number of unbranched alkanes of at least 4 members (excludes halogenated alkanes) is 12. The van der Waals surface area contributed by atoms with E-state index in [0.717, 1.165) is 12.8 Å². The van der Waals surface area contributed by atoms with Crippen molar-refractivity contribution in [3.05, 3.63) is 0 Å². The Morgan fingerprint density at radius 1 is 0.800 bits per heavy atom. The monoisotopic (exact) mass is 280 g/mol. The third-order valence-corrected chi connectivity index (χ3v) is 3.59. The molecular formula is C16H33LiO3. The molecule has 0 aliphatic rings. The van der Waals surface area contributed by atoms with Crippen LogP contribution in [0, 0.1) is 0 Å². The third kappa shape index (κ3) is 18.0. The van der Waals surface area contributed by atoms with Gasteiger partial charge in [-0.3, -0.25) is 0 Å². The summed E-state index contributed by atoms with van der Waals surface area (Å²) in [5.74, 6) is -0.511. The Kier molecular flexibility index (Phi) is 21.2. The van der Waals surface area contributed by atoms with Crippen LogP contribution in [0.4, 0.5) is 0 Å². The summed E-state index contributed by atoms with van der Waals surface area (Å²) in [6.07, 6.45) is 17.1. The summed E-state index contributed by atoms with van der Waals surface area (Å²) < 4.78 is 0. The van der Waals surface area contributed by atoms with Gasteiger partial charge in [-0.25, -0.2) is 4.79 Å². The first kappa shape index (κ1) is 22.3. The molecule has 0 bridgehead atoms. The van der Waals surface area contributed by atoms with E-state index in [1.165, 1.54) is 70.6 Å². The number of carbonyl (C=O) groups is 1. The van der Waals surface area contributed by atoms with Crippen LogP contribution in [0.2, 0.25) is 0 Å². The first-order valence-corrected chi connectivity index (χ1v) is 8.15. The molecule has 0 saturated heterocycles. The number of hydrogen-bond donors (Lipinski definition) is 1. The molecule has 0 aromatic heterocycles. The molecule has 0 amide bonds. The van der Waals surface area contributed by atoms with Crippen molar-refractivity contribution in [3.8, 4) is 0 Å². The molecule has 0 unspecified atom stereocenters. The van der Waals surface area contributed by atoms with Crippen molar-refractivity contribution < 1.29 is 35.2 Å². The summed E-state index contributed by atoms with van der Waals surface area (Å²) in [4.78, 5) is 14.3. The van der Waals surface area contributed by atoms with Gasteiger partial charge in [0.05, 0.1) is 0 Å². The molecule has 0 aromatic rings. The van der Waals surface area contributed by atoms with E-state index in [9.17, 15) is 4.79 Å². The van der Waals surface area contributed by atoms with Gasteiger partial charge in [-0.2, -0.15) is 5.26 Å². The van der Waals surface area contributed by atoms with E-state index in [2.05, 4.69) is 11.8 Å². The zero-order valence-electron chi connectivity index (χ0n) is 14.7. The van der Waals surface area contributed by atoms with Crippen LogP contribution in [0.15, 0.2) is 0 Å². The SMILES string of the molecule is CCCCCCCCCCCCCCCC(=O)OO.[H-].[Li+]. The van der Waals surface area contributed by atoms with Crippen molar-refractivity contribution in [1.29, 1.82) is 0 Å². The second-order valence-corrected chi connectivity index (χ2v) is 5.46. The second-order valence-electron chi connectivity index (χ2n) is 5.46. The summed E-state index contributed by atoms with van der Waals surface area (Å²) >= 11 is 0. The van der Waals surface area contributed by atoms with Crippen LogP contribution in [0.1, 0.15) is 98.2 Å². The van der Waals surface area contributed by atoms with Crippen LogP contribution < -0.4 is 18.9 Å². The molecule has 0 radical (unpaired) electrons. The Morgan fingerprint density at radius 2 is 1.15 bits per heavy atom. The quantitative estimate of drug-likeness (QED) is 0.230. The molecule has 0 aliphatic heterocycles. The average Bonchev–Trinajstić information content (AvgIpc) is 2.43. The number of carbonyl (C=O) groups excluding carboxylic acids is 1. The van der Waals surface area contributed by atoms with Crippen LogP contribution in [0.25, 0.3) is 0 Å². The second kappa shape index (κ2) is 19.0. The Morgan fingerprint density at radius 3 is 1.50 bits per heavy atom. The minimum absolute atomic E-state index is 0. The van der Waals surface area contributed by atoms with Gasteiger partial charge in [0.1, 0.15) is 0 Å². The van der Waals surface area contributed by atoms with Crippen molar-refractivity contribution in [2.75, 3.05) is 0 Å². The molecule has 0 rings (SSSR count). The van der Waals surface area contributed by atoms with Gasteiger partial charge in [-0.05, 0) is 6.42 Å². The van der Waals surface area contributed by atoms with Gasteiger partial charge in [0, 0.05) is 6.42 Å². The molecule has 0 aliphatic carbocycles. The standard InChI is InChI=1S/C16H32O3.Li.H/c1-2-3-4-5-6-7-8-9-10-11-12-13-14-15-16(17)19-18;;/h18H,2-15H2,1H3;;/q;+1;-1. The Balaban J connectivity index is -0.00000162. The zero-order chi connectivity index (χ0) is 14.2. The van der Waals surface area contributed by atoms with Gasteiger partial charge in [-0.1, -0.05) is 84.0 Å². The van der Waals surface area contributed by atoms with Crippen LogP contribution in [-0.4, -0.2) is 11.2 Å². The van der Waals surface area contributed by atoms with E-state index >= 15 is 0 Å². The Labute approximate surface area is 138 Å². The van der Waals surface area contributed by atoms with Crippen LogP contribution >= 0.6 is 0 Å². The minimum atomic E-state index is -0.511. The molecule has 0 heterocycles. The third-order valence-electron chi connectivity index (χ3n) is 3.59. The number of hydrogen-bond acceptors (Lipinski definition) is 3. The van der Waals surface area contributed by atoms with Gasteiger partial charge in [0.15, 0.2) is 0 Å². The summed E-state index contributed by atoms with van der Waals surface area (Å²) in [7, 11) is 0. The van der Waals surface area contributed by atoms with Gasteiger partial charge in [-0.15, -0.1) is 0 Å². The predicted octanol–water partition coefficient (Wildman–Crippen LogP) is 2.60. The first-order valence-electron chi connectivity index (χ1n) is 8.15. The van der Waals surface area contributed by atoms with Crippen molar-refractivity contribution >= 4 is 5.97 Å². The topological polar surface area (TPSA) is 46.5 Å². The molecule has 116 valence electrons. The van der Waals surface area contributed by atoms with Crippen LogP contribution in [-0.2, 0) is 9.68 Å². The van der Waals surface area contributed by atoms with Crippen LogP contribution in [0.5, 0.6) is 0 Å². The number of rotatable bonds is 14. The maximum Gasteiger partial charge on any atom is 1.00 e. The van der Waals surface area contributed by atoms with Crippen molar-refractivity contribution in [1.82, 2.24) is 0 Å². The summed E-state index contributed by atoms with van der Waals surface area (Å²) in [5, 5.41) is 8.08. The average molecular weight is 280 g/mol. The van der Waals surface area contributed by atoms with E-state index < -0.39 is 5.97 Å². The molecule has 3 nitrogen and oxygen atoms in total. The first-order chi connectivity index (χ1) is 9.31. The molecular weight excluding hydrogens is 247 g/mol. The van der Waals surface area contributed by atoms with E-state index in [1.807, 2.05) is 0 Å². The fourth-order valence-corrected chi connectivity index (χ4v) is 2.33. The predicted molar refractivity (Wildman–Crippen MR) is 80.1 cm³/mol. The smallest absolute Gasteiger partial charge is 1.00 e. The molecule has 0 aromatic carbocycles.